The Hall–Kier alpha value is -1.06. The number of hydrogen-bond donors (Lipinski definition) is 1. The minimum atomic E-state index is 0.250. The van der Waals surface area contributed by atoms with Crippen molar-refractivity contribution in [3.05, 3.63) is 29.8 Å². The van der Waals surface area contributed by atoms with Crippen molar-refractivity contribution in [2.24, 2.45) is 5.73 Å². The van der Waals surface area contributed by atoms with Gasteiger partial charge in [0, 0.05) is 12.6 Å². The molecule has 0 aliphatic carbocycles. The third-order valence-corrected chi connectivity index (χ3v) is 3.80. The van der Waals surface area contributed by atoms with Crippen molar-refractivity contribution in [3.63, 3.8) is 0 Å². The highest BCUT2D eigenvalue weighted by Gasteiger charge is 2.10. The van der Waals surface area contributed by atoms with E-state index in [9.17, 15) is 0 Å². The first-order chi connectivity index (χ1) is 9.28. The predicted molar refractivity (Wildman–Crippen MR) is 79.6 cm³/mol. The molecule has 1 aromatic rings. The summed E-state index contributed by atoms with van der Waals surface area (Å²) in [6, 6.07) is 8.59. The minimum Gasteiger partial charge on any atom is -0.492 e. The second kappa shape index (κ2) is 7.51. The van der Waals surface area contributed by atoms with Crippen LogP contribution in [0.25, 0.3) is 0 Å². The number of ether oxygens (including phenoxy) is 1. The van der Waals surface area contributed by atoms with Crippen molar-refractivity contribution < 1.29 is 4.74 Å². The van der Waals surface area contributed by atoms with E-state index in [0.717, 1.165) is 31.7 Å². The molecule has 2 N–H and O–H groups in total. The molecular weight excluding hydrogens is 236 g/mol. The maximum atomic E-state index is 5.99. The summed E-state index contributed by atoms with van der Waals surface area (Å²) < 4.78 is 5.84. The van der Waals surface area contributed by atoms with Gasteiger partial charge in [0.1, 0.15) is 12.4 Å². The minimum absolute atomic E-state index is 0.250. The van der Waals surface area contributed by atoms with Gasteiger partial charge in [0.05, 0.1) is 0 Å². The maximum Gasteiger partial charge on any atom is 0.119 e. The van der Waals surface area contributed by atoms with Gasteiger partial charge in [0.15, 0.2) is 0 Å². The fraction of sp³-hybridized carbons (Fsp3) is 0.625. The Morgan fingerprint density at radius 2 is 2.11 bits per heavy atom. The molecule has 3 nitrogen and oxygen atoms in total. The molecule has 0 amide bonds. The first-order valence-corrected chi connectivity index (χ1v) is 7.47. The topological polar surface area (TPSA) is 38.5 Å². The predicted octanol–water partition coefficient (Wildman–Crippen LogP) is 2.44. The summed E-state index contributed by atoms with van der Waals surface area (Å²) in [7, 11) is 0. The molecule has 1 heterocycles. The molecule has 1 unspecified atom stereocenters. The molecule has 1 saturated heterocycles. The van der Waals surface area contributed by atoms with Crippen LogP contribution in [0.15, 0.2) is 24.3 Å². The highest BCUT2D eigenvalue weighted by Crippen LogP contribution is 2.15. The summed E-state index contributed by atoms with van der Waals surface area (Å²) in [5.41, 5.74) is 7.26. The highest BCUT2D eigenvalue weighted by molar-refractivity contribution is 5.29. The van der Waals surface area contributed by atoms with E-state index in [4.69, 9.17) is 10.5 Å². The van der Waals surface area contributed by atoms with Gasteiger partial charge in [-0.3, -0.25) is 4.90 Å². The monoisotopic (exact) mass is 262 g/mol. The number of hydrogen-bond acceptors (Lipinski definition) is 3. The molecule has 1 aromatic carbocycles. The lowest BCUT2D eigenvalue weighted by Crippen LogP contribution is -2.25. The molecule has 2 rings (SSSR count). The molecule has 0 bridgehead atoms. The van der Waals surface area contributed by atoms with Gasteiger partial charge in [-0.05, 0) is 56.5 Å². The Balaban J connectivity index is 1.77. The van der Waals surface area contributed by atoms with E-state index in [1.54, 1.807) is 0 Å². The number of benzene rings is 1. The van der Waals surface area contributed by atoms with Crippen LogP contribution in [0, 0.1) is 0 Å². The van der Waals surface area contributed by atoms with Gasteiger partial charge in [0.2, 0.25) is 0 Å². The van der Waals surface area contributed by atoms with Gasteiger partial charge >= 0.3 is 0 Å². The zero-order valence-electron chi connectivity index (χ0n) is 12.0. The van der Waals surface area contributed by atoms with Crippen molar-refractivity contribution in [3.8, 4) is 5.75 Å². The van der Waals surface area contributed by atoms with Crippen LogP contribution in [-0.4, -0.2) is 37.2 Å². The number of rotatable bonds is 7. The molecule has 0 saturated carbocycles. The van der Waals surface area contributed by atoms with Gasteiger partial charge in [-0.25, -0.2) is 0 Å². The molecule has 1 fully saturated rings. The standard InChI is InChI=1S/C16H26N2O/c1-2-15(17)12-14-6-5-7-16(13-14)19-11-10-18-8-3-4-9-18/h5-7,13,15H,2-4,8-12,17H2,1H3. The van der Waals surface area contributed by atoms with E-state index < -0.39 is 0 Å². The van der Waals surface area contributed by atoms with Crippen LogP contribution in [0.4, 0.5) is 0 Å². The Morgan fingerprint density at radius 3 is 2.84 bits per heavy atom. The number of nitrogens with two attached hydrogens (primary N) is 1. The molecule has 1 atom stereocenters. The van der Waals surface area contributed by atoms with E-state index in [2.05, 4.69) is 30.0 Å². The van der Waals surface area contributed by atoms with Crippen molar-refractivity contribution in [2.75, 3.05) is 26.2 Å². The third kappa shape index (κ3) is 4.84. The summed E-state index contributed by atoms with van der Waals surface area (Å²) in [5.74, 6) is 0.972. The van der Waals surface area contributed by atoms with Crippen molar-refractivity contribution in [2.45, 2.75) is 38.6 Å². The Bertz CT molecular complexity index is 375. The van der Waals surface area contributed by atoms with E-state index in [1.807, 2.05) is 6.07 Å². The maximum absolute atomic E-state index is 5.99. The lowest BCUT2D eigenvalue weighted by molar-refractivity contribution is 0.237. The van der Waals surface area contributed by atoms with Crippen LogP contribution in [0.1, 0.15) is 31.7 Å². The van der Waals surface area contributed by atoms with Crippen molar-refractivity contribution in [1.82, 2.24) is 4.90 Å². The fourth-order valence-electron chi connectivity index (χ4n) is 2.51. The first kappa shape index (κ1) is 14.4. The molecule has 0 spiro atoms. The first-order valence-electron chi connectivity index (χ1n) is 7.47. The Morgan fingerprint density at radius 1 is 1.32 bits per heavy atom. The van der Waals surface area contributed by atoms with Gasteiger partial charge in [-0.2, -0.15) is 0 Å². The summed E-state index contributed by atoms with van der Waals surface area (Å²) in [6.07, 6.45) is 4.62. The zero-order chi connectivity index (χ0) is 13.5. The lowest BCUT2D eigenvalue weighted by Gasteiger charge is -2.15. The second-order valence-electron chi connectivity index (χ2n) is 5.42. The van der Waals surface area contributed by atoms with Crippen LogP contribution < -0.4 is 10.5 Å². The Kier molecular flexibility index (Phi) is 5.67. The van der Waals surface area contributed by atoms with Crippen LogP contribution in [0.2, 0.25) is 0 Å². The largest absolute Gasteiger partial charge is 0.492 e. The average molecular weight is 262 g/mol. The molecule has 1 aliphatic rings. The molecule has 3 heteroatoms. The fourth-order valence-corrected chi connectivity index (χ4v) is 2.51. The van der Waals surface area contributed by atoms with Crippen molar-refractivity contribution in [1.29, 1.82) is 0 Å². The van der Waals surface area contributed by atoms with Gasteiger partial charge < -0.3 is 10.5 Å². The molecule has 0 aromatic heterocycles. The summed E-state index contributed by atoms with van der Waals surface area (Å²) in [5, 5.41) is 0. The van der Waals surface area contributed by atoms with Gasteiger partial charge in [-0.15, -0.1) is 0 Å². The number of likely N-dealkylation sites (tertiary alicyclic amines) is 1. The van der Waals surface area contributed by atoms with Gasteiger partial charge in [-0.1, -0.05) is 19.1 Å². The van der Waals surface area contributed by atoms with E-state index >= 15 is 0 Å². The SMILES string of the molecule is CCC(N)Cc1cccc(OCCN2CCCC2)c1. The summed E-state index contributed by atoms with van der Waals surface area (Å²) >= 11 is 0. The van der Waals surface area contributed by atoms with E-state index in [1.165, 1.54) is 31.5 Å². The lowest BCUT2D eigenvalue weighted by atomic mass is 10.0. The molecule has 106 valence electrons. The Labute approximate surface area is 116 Å². The quantitative estimate of drug-likeness (QED) is 0.820. The average Bonchev–Trinajstić information content (AvgIpc) is 2.92. The number of nitrogens with zero attached hydrogens (tertiary/aromatic N) is 1. The van der Waals surface area contributed by atoms with E-state index in [-0.39, 0.29) is 6.04 Å². The molecule has 19 heavy (non-hydrogen) atoms. The van der Waals surface area contributed by atoms with Crippen LogP contribution in [-0.2, 0) is 6.42 Å². The summed E-state index contributed by atoms with van der Waals surface area (Å²) in [4.78, 5) is 2.47. The van der Waals surface area contributed by atoms with Crippen molar-refractivity contribution >= 4 is 0 Å². The molecule has 0 radical (unpaired) electrons. The van der Waals surface area contributed by atoms with Gasteiger partial charge in [0.25, 0.3) is 0 Å². The second-order valence-corrected chi connectivity index (χ2v) is 5.42. The molecule has 1 aliphatic heterocycles. The smallest absolute Gasteiger partial charge is 0.119 e. The van der Waals surface area contributed by atoms with E-state index in [0.29, 0.717) is 0 Å². The summed E-state index contributed by atoms with van der Waals surface area (Å²) in [6.45, 7) is 6.41. The van der Waals surface area contributed by atoms with Crippen LogP contribution in [0.5, 0.6) is 5.75 Å². The van der Waals surface area contributed by atoms with Crippen LogP contribution in [0.3, 0.4) is 0 Å². The normalized spacial score (nSPS) is 17.6. The highest BCUT2D eigenvalue weighted by atomic mass is 16.5. The third-order valence-electron chi connectivity index (χ3n) is 3.80. The molecular formula is C16H26N2O. The van der Waals surface area contributed by atoms with Crippen LogP contribution >= 0.6 is 0 Å². The zero-order valence-corrected chi connectivity index (χ0v) is 12.0.